The number of amides is 1. The Morgan fingerprint density at radius 3 is 2.88 bits per heavy atom. The third-order valence-electron chi connectivity index (χ3n) is 3.83. The number of hydrogen-bond acceptors (Lipinski definition) is 5. The largest absolute Gasteiger partial charge is 0.491 e. The van der Waals surface area contributed by atoms with Crippen LogP contribution in [0.2, 0.25) is 0 Å². The molecule has 0 saturated heterocycles. The molecule has 2 heterocycles. The van der Waals surface area contributed by atoms with E-state index in [0.29, 0.717) is 35.4 Å². The fourth-order valence-corrected chi connectivity index (χ4v) is 3.16. The van der Waals surface area contributed by atoms with E-state index in [1.807, 2.05) is 56.5 Å². The minimum atomic E-state index is -0.149. The first-order valence-electron chi connectivity index (χ1n) is 8.60. The Bertz CT molecular complexity index is 885. The number of rotatable bonds is 7. The van der Waals surface area contributed by atoms with Crippen LogP contribution < -0.4 is 10.1 Å². The van der Waals surface area contributed by atoms with Crippen LogP contribution >= 0.6 is 11.3 Å². The van der Waals surface area contributed by atoms with Gasteiger partial charge in [0.05, 0.1) is 29.3 Å². The first kappa shape index (κ1) is 18.2. The predicted octanol–water partition coefficient (Wildman–Crippen LogP) is 4.99. The minimum absolute atomic E-state index is 0.149. The third kappa shape index (κ3) is 4.32. The molecular weight excluding hydrogens is 348 g/mol. The van der Waals surface area contributed by atoms with Crippen molar-refractivity contribution in [2.45, 2.75) is 33.6 Å². The van der Waals surface area contributed by atoms with E-state index in [-0.39, 0.29) is 12.3 Å². The van der Waals surface area contributed by atoms with E-state index in [4.69, 9.17) is 9.15 Å². The lowest BCUT2D eigenvalue weighted by Gasteiger charge is -2.12. The monoisotopic (exact) mass is 370 g/mol. The van der Waals surface area contributed by atoms with Crippen LogP contribution in [0.15, 0.2) is 40.1 Å². The fourth-order valence-electron chi connectivity index (χ4n) is 2.51. The van der Waals surface area contributed by atoms with Gasteiger partial charge in [0.15, 0.2) is 0 Å². The first-order valence-corrected chi connectivity index (χ1v) is 9.48. The smallest absolute Gasteiger partial charge is 0.236 e. The Morgan fingerprint density at radius 1 is 1.31 bits per heavy atom. The SMILES string of the molecule is CCCOc1cc(C)ccc1NC(=O)Cc1nc(-c2cccs2)oc1C. The number of carbonyl (C=O) groups excluding carboxylic acids is 1. The lowest BCUT2D eigenvalue weighted by Crippen LogP contribution is -2.16. The highest BCUT2D eigenvalue weighted by Gasteiger charge is 2.16. The molecular formula is C20H22N2O3S. The summed E-state index contributed by atoms with van der Waals surface area (Å²) in [5.41, 5.74) is 2.41. The van der Waals surface area contributed by atoms with Crippen LogP contribution in [0.5, 0.6) is 5.75 Å². The number of hydrogen-bond donors (Lipinski definition) is 1. The molecule has 0 unspecified atom stereocenters. The highest BCUT2D eigenvalue weighted by Crippen LogP contribution is 2.28. The number of thiophene rings is 1. The third-order valence-corrected chi connectivity index (χ3v) is 4.68. The van der Waals surface area contributed by atoms with E-state index in [0.717, 1.165) is 16.9 Å². The fraction of sp³-hybridized carbons (Fsp3) is 0.300. The van der Waals surface area contributed by atoms with E-state index < -0.39 is 0 Å². The number of aryl methyl sites for hydroxylation is 2. The molecule has 0 aliphatic carbocycles. The van der Waals surface area contributed by atoms with Gasteiger partial charge in [-0.3, -0.25) is 4.79 Å². The zero-order chi connectivity index (χ0) is 18.5. The summed E-state index contributed by atoms with van der Waals surface area (Å²) in [4.78, 5) is 17.9. The number of nitrogens with one attached hydrogen (secondary N) is 1. The van der Waals surface area contributed by atoms with Gasteiger partial charge in [-0.1, -0.05) is 19.1 Å². The van der Waals surface area contributed by atoms with Crippen molar-refractivity contribution in [3.05, 3.63) is 52.7 Å². The predicted molar refractivity (Wildman–Crippen MR) is 104 cm³/mol. The summed E-state index contributed by atoms with van der Waals surface area (Å²) >= 11 is 1.56. The van der Waals surface area contributed by atoms with Gasteiger partial charge in [0.25, 0.3) is 0 Å². The molecule has 136 valence electrons. The summed E-state index contributed by atoms with van der Waals surface area (Å²) in [5, 5.41) is 4.89. The molecule has 1 N–H and O–H groups in total. The zero-order valence-electron chi connectivity index (χ0n) is 15.2. The number of anilines is 1. The lowest BCUT2D eigenvalue weighted by atomic mass is 10.2. The van der Waals surface area contributed by atoms with Crippen LogP contribution in [0.1, 0.15) is 30.4 Å². The van der Waals surface area contributed by atoms with Crippen LogP contribution in [-0.2, 0) is 11.2 Å². The molecule has 0 saturated carbocycles. The van der Waals surface area contributed by atoms with E-state index >= 15 is 0 Å². The Hall–Kier alpha value is -2.60. The second kappa shape index (κ2) is 8.19. The van der Waals surface area contributed by atoms with Crippen molar-refractivity contribution in [1.82, 2.24) is 4.98 Å². The summed E-state index contributed by atoms with van der Waals surface area (Å²) in [6.45, 7) is 6.48. The van der Waals surface area contributed by atoms with E-state index in [2.05, 4.69) is 10.3 Å². The van der Waals surface area contributed by atoms with E-state index in [1.165, 1.54) is 0 Å². The van der Waals surface area contributed by atoms with Crippen LogP contribution in [0.3, 0.4) is 0 Å². The summed E-state index contributed by atoms with van der Waals surface area (Å²) in [7, 11) is 0. The molecule has 0 spiro atoms. The van der Waals surface area contributed by atoms with E-state index in [9.17, 15) is 4.79 Å². The molecule has 0 aliphatic rings. The number of carbonyl (C=O) groups is 1. The van der Waals surface area contributed by atoms with Gasteiger partial charge in [-0.2, -0.15) is 0 Å². The molecule has 3 rings (SSSR count). The van der Waals surface area contributed by atoms with Crippen LogP contribution in [0.4, 0.5) is 5.69 Å². The van der Waals surface area contributed by atoms with Crippen molar-refractivity contribution in [3.8, 4) is 16.5 Å². The molecule has 2 aromatic heterocycles. The number of aromatic nitrogens is 1. The van der Waals surface area contributed by atoms with Crippen LogP contribution in [-0.4, -0.2) is 17.5 Å². The molecule has 6 heteroatoms. The second-order valence-corrected chi connectivity index (χ2v) is 7.02. The van der Waals surface area contributed by atoms with Crippen molar-refractivity contribution in [1.29, 1.82) is 0 Å². The number of benzene rings is 1. The molecule has 0 fully saturated rings. The molecule has 26 heavy (non-hydrogen) atoms. The van der Waals surface area contributed by atoms with Gasteiger partial charge in [-0.05, 0) is 49.4 Å². The summed E-state index contributed by atoms with van der Waals surface area (Å²) in [6, 6.07) is 9.64. The highest BCUT2D eigenvalue weighted by atomic mass is 32.1. The van der Waals surface area contributed by atoms with Gasteiger partial charge in [0, 0.05) is 0 Å². The maximum Gasteiger partial charge on any atom is 0.236 e. The zero-order valence-corrected chi connectivity index (χ0v) is 16.0. The van der Waals surface area contributed by atoms with Gasteiger partial charge in [0.2, 0.25) is 11.8 Å². The quantitative estimate of drug-likeness (QED) is 0.636. The maximum atomic E-state index is 12.5. The molecule has 0 radical (unpaired) electrons. The highest BCUT2D eigenvalue weighted by molar-refractivity contribution is 7.13. The molecule has 3 aromatic rings. The molecule has 1 amide bonds. The maximum absolute atomic E-state index is 12.5. The standard InChI is InChI=1S/C20H22N2O3S/c1-4-9-24-17-11-13(2)7-8-15(17)21-19(23)12-16-14(3)25-20(22-16)18-6-5-10-26-18/h5-8,10-11H,4,9,12H2,1-3H3,(H,21,23). The minimum Gasteiger partial charge on any atom is -0.491 e. The van der Waals surface area contributed by atoms with Crippen LogP contribution in [0, 0.1) is 13.8 Å². The Kier molecular flexibility index (Phi) is 5.73. The Morgan fingerprint density at radius 2 is 2.15 bits per heavy atom. The second-order valence-electron chi connectivity index (χ2n) is 6.07. The average Bonchev–Trinajstić information content (AvgIpc) is 3.25. The normalized spacial score (nSPS) is 10.7. The Balaban J connectivity index is 1.72. The molecule has 0 atom stereocenters. The van der Waals surface area contributed by atoms with Gasteiger partial charge in [-0.25, -0.2) is 4.98 Å². The van der Waals surface area contributed by atoms with Gasteiger partial charge in [0.1, 0.15) is 11.5 Å². The van der Waals surface area contributed by atoms with Crippen molar-refractivity contribution in [2.75, 3.05) is 11.9 Å². The first-order chi connectivity index (χ1) is 12.6. The van der Waals surface area contributed by atoms with Crippen molar-refractivity contribution >= 4 is 22.9 Å². The van der Waals surface area contributed by atoms with Gasteiger partial charge < -0.3 is 14.5 Å². The molecule has 5 nitrogen and oxygen atoms in total. The van der Waals surface area contributed by atoms with Crippen LogP contribution in [0.25, 0.3) is 10.8 Å². The van der Waals surface area contributed by atoms with Gasteiger partial charge >= 0.3 is 0 Å². The summed E-state index contributed by atoms with van der Waals surface area (Å²) in [5.74, 6) is 1.76. The molecule has 0 bridgehead atoms. The van der Waals surface area contributed by atoms with Crippen molar-refractivity contribution in [2.24, 2.45) is 0 Å². The number of nitrogens with zero attached hydrogens (tertiary/aromatic N) is 1. The van der Waals surface area contributed by atoms with Crippen molar-refractivity contribution in [3.63, 3.8) is 0 Å². The average molecular weight is 370 g/mol. The number of ether oxygens (including phenoxy) is 1. The summed E-state index contributed by atoms with van der Waals surface area (Å²) < 4.78 is 11.4. The molecule has 1 aromatic carbocycles. The topological polar surface area (TPSA) is 64.4 Å². The van der Waals surface area contributed by atoms with Crippen molar-refractivity contribution < 1.29 is 13.9 Å². The number of oxazole rings is 1. The summed E-state index contributed by atoms with van der Waals surface area (Å²) in [6.07, 6.45) is 1.06. The molecule has 0 aliphatic heterocycles. The van der Waals surface area contributed by atoms with E-state index in [1.54, 1.807) is 11.3 Å². The lowest BCUT2D eigenvalue weighted by molar-refractivity contribution is -0.115. The Labute approximate surface area is 157 Å². The van der Waals surface area contributed by atoms with Gasteiger partial charge in [-0.15, -0.1) is 11.3 Å².